The zero-order valence-corrected chi connectivity index (χ0v) is 23.5. The van der Waals surface area contributed by atoms with Crippen molar-refractivity contribution in [2.45, 2.75) is 18.9 Å². The highest BCUT2D eigenvalue weighted by Crippen LogP contribution is 2.29. The minimum absolute atomic E-state index is 0.0895. The summed E-state index contributed by atoms with van der Waals surface area (Å²) in [5, 5.41) is 6.54. The van der Waals surface area contributed by atoms with Crippen molar-refractivity contribution in [2.24, 2.45) is 4.99 Å². The molecule has 0 saturated heterocycles. The molecule has 0 aliphatic carbocycles. The molecule has 0 spiro atoms. The van der Waals surface area contributed by atoms with E-state index in [9.17, 15) is 9.59 Å². The third-order valence-corrected chi connectivity index (χ3v) is 7.43. The largest absolute Gasteiger partial charge is 0.326 e. The van der Waals surface area contributed by atoms with E-state index in [0.717, 1.165) is 33.4 Å². The van der Waals surface area contributed by atoms with Crippen molar-refractivity contribution < 1.29 is 9.59 Å². The molecule has 6 heteroatoms. The number of rotatable bonds is 7. The van der Waals surface area contributed by atoms with E-state index in [0.29, 0.717) is 35.0 Å². The molecule has 1 aliphatic heterocycles. The Morgan fingerprint density at radius 2 is 1.43 bits per heavy atom. The van der Waals surface area contributed by atoms with Gasteiger partial charge in [-0.1, -0.05) is 109 Å². The fourth-order valence-electron chi connectivity index (χ4n) is 5.12. The number of aliphatic imine (C=N–C) groups is 1. The van der Waals surface area contributed by atoms with E-state index >= 15 is 0 Å². The molecule has 5 aromatic rings. The molecule has 1 unspecified atom stereocenters. The van der Waals surface area contributed by atoms with Gasteiger partial charge in [-0.2, -0.15) is 0 Å². The normalized spacial score (nSPS) is 14.3. The van der Waals surface area contributed by atoms with Crippen molar-refractivity contribution in [3.8, 4) is 11.1 Å². The molecule has 1 heterocycles. The second-order valence-corrected chi connectivity index (χ2v) is 10.7. The van der Waals surface area contributed by atoms with E-state index in [1.165, 1.54) is 0 Å². The molecular weight excluding hydrogens is 542 g/mol. The van der Waals surface area contributed by atoms with Gasteiger partial charge in [-0.05, 0) is 52.6 Å². The maximum absolute atomic E-state index is 13.4. The lowest BCUT2D eigenvalue weighted by Crippen LogP contribution is -2.27. The molecule has 0 radical (unpaired) electrons. The first-order valence-electron chi connectivity index (χ1n) is 13.8. The summed E-state index contributed by atoms with van der Waals surface area (Å²) in [7, 11) is 0. The van der Waals surface area contributed by atoms with Gasteiger partial charge >= 0.3 is 0 Å². The molecule has 42 heavy (non-hydrogen) atoms. The first-order chi connectivity index (χ1) is 20.5. The zero-order chi connectivity index (χ0) is 28.9. The second-order valence-electron chi connectivity index (χ2n) is 10.2. The number of nitrogens with zero attached hydrogens (tertiary/aromatic N) is 1. The molecule has 5 aromatic carbocycles. The highest BCUT2D eigenvalue weighted by Gasteiger charge is 2.26. The lowest BCUT2D eigenvalue weighted by molar-refractivity contribution is -0.117. The van der Waals surface area contributed by atoms with E-state index in [4.69, 9.17) is 16.6 Å². The number of amides is 2. The Bertz CT molecular complexity index is 1770. The van der Waals surface area contributed by atoms with Gasteiger partial charge in [0.2, 0.25) is 11.8 Å². The number of benzene rings is 5. The van der Waals surface area contributed by atoms with Crippen molar-refractivity contribution in [1.29, 1.82) is 0 Å². The van der Waals surface area contributed by atoms with Crippen LogP contribution in [0.4, 0.5) is 11.4 Å². The lowest BCUT2D eigenvalue weighted by atomic mass is 9.98. The first kappa shape index (κ1) is 27.2. The van der Waals surface area contributed by atoms with Crippen LogP contribution in [0, 0.1) is 0 Å². The van der Waals surface area contributed by atoms with Gasteiger partial charge in [0, 0.05) is 28.3 Å². The second kappa shape index (κ2) is 12.2. The third kappa shape index (κ3) is 6.32. The molecule has 0 aromatic heterocycles. The van der Waals surface area contributed by atoms with Gasteiger partial charge in [0.25, 0.3) is 0 Å². The fraction of sp³-hybridized carbons (Fsp3) is 0.0833. The summed E-state index contributed by atoms with van der Waals surface area (Å²) >= 11 is 6.31. The topological polar surface area (TPSA) is 70.6 Å². The molecule has 206 valence electrons. The summed E-state index contributed by atoms with van der Waals surface area (Å²) in [5.41, 5.74) is 7.78. The summed E-state index contributed by atoms with van der Waals surface area (Å²) in [4.78, 5) is 31.0. The van der Waals surface area contributed by atoms with Crippen LogP contribution in [-0.4, -0.2) is 23.6 Å². The fourth-order valence-corrected chi connectivity index (χ4v) is 5.30. The molecule has 0 bridgehead atoms. The van der Waals surface area contributed by atoms with Crippen molar-refractivity contribution >= 4 is 40.5 Å². The van der Waals surface area contributed by atoms with E-state index in [2.05, 4.69) is 34.9 Å². The van der Waals surface area contributed by atoms with E-state index < -0.39 is 6.04 Å². The summed E-state index contributed by atoms with van der Waals surface area (Å²) in [6.07, 6.45) is 0.732. The molecule has 5 nitrogen and oxygen atoms in total. The monoisotopic (exact) mass is 569 g/mol. The SMILES string of the molecule is O=C(Cc1ccccc1)Nc1ccc(C2=NC(Cc3cccc(-c4ccccc4)c3)C(=O)Nc3cc(Cl)ccc32)cc1. The van der Waals surface area contributed by atoms with E-state index in [-0.39, 0.29) is 11.8 Å². The number of carbonyl (C=O) groups excluding carboxylic acids is 2. The predicted octanol–water partition coefficient (Wildman–Crippen LogP) is 7.59. The maximum atomic E-state index is 13.4. The van der Waals surface area contributed by atoms with Crippen molar-refractivity contribution in [3.05, 3.63) is 155 Å². The van der Waals surface area contributed by atoms with Crippen molar-refractivity contribution in [2.75, 3.05) is 10.6 Å². The van der Waals surface area contributed by atoms with Crippen LogP contribution in [0.2, 0.25) is 5.02 Å². The number of hydrogen-bond acceptors (Lipinski definition) is 3. The van der Waals surface area contributed by atoms with Crippen LogP contribution in [0.1, 0.15) is 22.3 Å². The van der Waals surface area contributed by atoms with Crippen LogP contribution in [0.15, 0.2) is 132 Å². The Hall–Kier alpha value is -5.00. The predicted molar refractivity (Wildman–Crippen MR) is 170 cm³/mol. The van der Waals surface area contributed by atoms with Crippen LogP contribution < -0.4 is 10.6 Å². The number of halogens is 1. The zero-order valence-electron chi connectivity index (χ0n) is 22.8. The minimum atomic E-state index is -0.651. The molecule has 0 saturated carbocycles. The van der Waals surface area contributed by atoms with Gasteiger partial charge in [0.15, 0.2) is 0 Å². The molecule has 1 aliphatic rings. The third-order valence-electron chi connectivity index (χ3n) is 7.19. The maximum Gasteiger partial charge on any atom is 0.249 e. The molecule has 2 amide bonds. The Morgan fingerprint density at radius 3 is 2.19 bits per heavy atom. The summed E-state index contributed by atoms with van der Waals surface area (Å²) in [6.45, 7) is 0. The Labute approximate surface area is 249 Å². The number of benzodiazepines with no additional fused rings is 1. The number of anilines is 2. The van der Waals surface area contributed by atoms with Crippen molar-refractivity contribution in [1.82, 2.24) is 0 Å². The molecule has 1 atom stereocenters. The van der Waals surface area contributed by atoms with Gasteiger partial charge in [-0.3, -0.25) is 14.6 Å². The molecule has 6 rings (SSSR count). The molecular formula is C36H28ClN3O2. The number of hydrogen-bond donors (Lipinski definition) is 2. The lowest BCUT2D eigenvalue weighted by Gasteiger charge is -2.13. The minimum Gasteiger partial charge on any atom is -0.326 e. The van der Waals surface area contributed by atoms with Crippen LogP contribution in [0.5, 0.6) is 0 Å². The van der Waals surface area contributed by atoms with Crippen LogP contribution >= 0.6 is 11.6 Å². The number of nitrogens with one attached hydrogen (secondary N) is 2. The van der Waals surface area contributed by atoms with Gasteiger partial charge in [-0.25, -0.2) is 0 Å². The molecule has 0 fully saturated rings. The van der Waals surface area contributed by atoms with Gasteiger partial charge in [0.1, 0.15) is 6.04 Å². The summed E-state index contributed by atoms with van der Waals surface area (Å²) < 4.78 is 0. The van der Waals surface area contributed by atoms with Crippen LogP contribution in [-0.2, 0) is 22.4 Å². The van der Waals surface area contributed by atoms with Gasteiger partial charge < -0.3 is 10.6 Å². The Kier molecular flexibility index (Phi) is 7.93. The average molecular weight is 570 g/mol. The van der Waals surface area contributed by atoms with E-state index in [1.54, 1.807) is 12.1 Å². The Morgan fingerprint density at radius 1 is 0.738 bits per heavy atom. The molecule has 2 N–H and O–H groups in total. The average Bonchev–Trinajstić information content (AvgIpc) is 3.14. The van der Waals surface area contributed by atoms with Crippen LogP contribution in [0.3, 0.4) is 0 Å². The Balaban J connectivity index is 1.28. The van der Waals surface area contributed by atoms with Crippen LogP contribution in [0.25, 0.3) is 11.1 Å². The summed E-state index contributed by atoms with van der Waals surface area (Å²) in [5.74, 6) is -0.281. The summed E-state index contributed by atoms with van der Waals surface area (Å²) in [6, 6.07) is 40.3. The quantitative estimate of drug-likeness (QED) is 0.212. The number of fused-ring (bicyclic) bond motifs is 1. The van der Waals surface area contributed by atoms with E-state index in [1.807, 2.05) is 91.0 Å². The number of carbonyl (C=O) groups is 2. The highest BCUT2D eigenvalue weighted by atomic mass is 35.5. The first-order valence-corrected chi connectivity index (χ1v) is 14.2. The van der Waals surface area contributed by atoms with Gasteiger partial charge in [0.05, 0.1) is 17.8 Å². The van der Waals surface area contributed by atoms with Crippen molar-refractivity contribution in [3.63, 3.8) is 0 Å². The highest BCUT2D eigenvalue weighted by molar-refractivity contribution is 6.31. The van der Waals surface area contributed by atoms with Gasteiger partial charge in [-0.15, -0.1) is 0 Å². The standard InChI is InChI=1S/C36H28ClN3O2/c37-29-16-19-31-32(23-29)40-36(42)33(21-25-10-7-13-28(20-25)26-11-5-2-6-12-26)39-35(31)27-14-17-30(18-15-27)38-34(41)22-24-8-3-1-4-9-24/h1-20,23,33H,21-22H2,(H,38,41)(H,40,42). The smallest absolute Gasteiger partial charge is 0.249 e.